The number of ether oxygens (including phenoxy) is 2. The van der Waals surface area contributed by atoms with E-state index in [-0.39, 0.29) is 11.6 Å². The maximum atomic E-state index is 6.03. The SMILES string of the molecule is CCNC(c1c(C)cc(C)cc1OC)C1(OC)CCCC1. The number of methoxy groups -OCH3 is 2. The van der Waals surface area contributed by atoms with E-state index in [1.54, 1.807) is 7.11 Å². The molecule has 0 spiro atoms. The molecule has 0 heterocycles. The zero-order valence-electron chi connectivity index (χ0n) is 14.1. The molecule has 0 saturated heterocycles. The Labute approximate surface area is 129 Å². The lowest BCUT2D eigenvalue weighted by Gasteiger charge is -2.38. The molecule has 0 aromatic heterocycles. The van der Waals surface area contributed by atoms with Crippen LogP contribution in [0.4, 0.5) is 0 Å². The standard InChI is InChI=1S/C18H29NO2/c1-6-19-17(18(21-5)9-7-8-10-18)16-14(3)11-13(2)12-15(16)20-4/h11-12,17,19H,6-10H2,1-5H3. The zero-order valence-corrected chi connectivity index (χ0v) is 14.1. The van der Waals surface area contributed by atoms with Crippen LogP contribution in [0.15, 0.2) is 12.1 Å². The molecule has 1 aliphatic rings. The van der Waals surface area contributed by atoms with Crippen LogP contribution < -0.4 is 10.1 Å². The Morgan fingerprint density at radius 3 is 2.38 bits per heavy atom. The highest BCUT2D eigenvalue weighted by Crippen LogP contribution is 2.46. The smallest absolute Gasteiger partial charge is 0.124 e. The lowest BCUT2D eigenvalue weighted by Crippen LogP contribution is -2.44. The van der Waals surface area contributed by atoms with Gasteiger partial charge in [0.15, 0.2) is 0 Å². The minimum atomic E-state index is -0.108. The summed E-state index contributed by atoms with van der Waals surface area (Å²) in [5.74, 6) is 0.974. The molecule has 2 rings (SSSR count). The van der Waals surface area contributed by atoms with E-state index in [4.69, 9.17) is 9.47 Å². The largest absolute Gasteiger partial charge is 0.496 e. The van der Waals surface area contributed by atoms with Crippen LogP contribution in [0, 0.1) is 13.8 Å². The third kappa shape index (κ3) is 3.09. The Balaban J connectivity index is 2.52. The summed E-state index contributed by atoms with van der Waals surface area (Å²) >= 11 is 0. The summed E-state index contributed by atoms with van der Waals surface area (Å²) in [6.45, 7) is 7.37. The van der Waals surface area contributed by atoms with Gasteiger partial charge in [-0.2, -0.15) is 0 Å². The van der Waals surface area contributed by atoms with Crippen LogP contribution in [0.1, 0.15) is 55.3 Å². The summed E-state index contributed by atoms with van der Waals surface area (Å²) in [5.41, 5.74) is 3.67. The molecular weight excluding hydrogens is 262 g/mol. The first-order valence-corrected chi connectivity index (χ1v) is 8.01. The normalized spacial score (nSPS) is 18.7. The molecule has 0 radical (unpaired) electrons. The van der Waals surface area contributed by atoms with Gasteiger partial charge < -0.3 is 14.8 Å². The van der Waals surface area contributed by atoms with Gasteiger partial charge in [-0.3, -0.25) is 0 Å². The molecular formula is C18H29NO2. The third-order valence-corrected chi connectivity index (χ3v) is 4.79. The minimum absolute atomic E-state index is 0.108. The van der Waals surface area contributed by atoms with E-state index < -0.39 is 0 Å². The van der Waals surface area contributed by atoms with Crippen molar-refractivity contribution in [3.8, 4) is 5.75 Å². The van der Waals surface area contributed by atoms with Crippen LogP contribution >= 0.6 is 0 Å². The van der Waals surface area contributed by atoms with Crippen LogP contribution in [0.2, 0.25) is 0 Å². The molecule has 1 aliphatic carbocycles. The predicted octanol–water partition coefficient (Wildman–Crippen LogP) is 3.92. The van der Waals surface area contributed by atoms with Crippen molar-refractivity contribution in [1.82, 2.24) is 5.32 Å². The third-order valence-electron chi connectivity index (χ3n) is 4.79. The molecule has 118 valence electrons. The minimum Gasteiger partial charge on any atom is -0.496 e. The van der Waals surface area contributed by atoms with Crippen molar-refractivity contribution in [2.45, 2.75) is 58.1 Å². The van der Waals surface area contributed by atoms with Crippen molar-refractivity contribution in [3.63, 3.8) is 0 Å². The van der Waals surface area contributed by atoms with Crippen LogP contribution in [0.5, 0.6) is 5.75 Å². The lowest BCUT2D eigenvalue weighted by molar-refractivity contribution is -0.0370. The number of likely N-dealkylation sites (N-methyl/N-ethyl adjacent to an activating group) is 1. The van der Waals surface area contributed by atoms with E-state index in [1.807, 2.05) is 7.11 Å². The van der Waals surface area contributed by atoms with Crippen LogP contribution in [0.25, 0.3) is 0 Å². The van der Waals surface area contributed by atoms with Crippen molar-refractivity contribution < 1.29 is 9.47 Å². The molecule has 1 unspecified atom stereocenters. The van der Waals surface area contributed by atoms with Gasteiger partial charge in [-0.25, -0.2) is 0 Å². The van der Waals surface area contributed by atoms with E-state index >= 15 is 0 Å². The second-order valence-electron chi connectivity index (χ2n) is 6.16. The second kappa shape index (κ2) is 6.80. The summed E-state index contributed by atoms with van der Waals surface area (Å²) in [4.78, 5) is 0. The second-order valence-corrected chi connectivity index (χ2v) is 6.16. The summed E-state index contributed by atoms with van der Waals surface area (Å²) in [6, 6.07) is 4.55. The number of aryl methyl sites for hydroxylation is 2. The number of benzene rings is 1. The van der Waals surface area contributed by atoms with E-state index in [0.717, 1.165) is 25.1 Å². The number of hydrogen-bond acceptors (Lipinski definition) is 3. The van der Waals surface area contributed by atoms with Gasteiger partial charge in [-0.1, -0.05) is 25.8 Å². The fraction of sp³-hybridized carbons (Fsp3) is 0.667. The first-order valence-electron chi connectivity index (χ1n) is 8.01. The molecule has 0 bridgehead atoms. The maximum absolute atomic E-state index is 6.03. The topological polar surface area (TPSA) is 30.5 Å². The molecule has 3 heteroatoms. The van der Waals surface area contributed by atoms with Crippen molar-refractivity contribution in [3.05, 3.63) is 28.8 Å². The average Bonchev–Trinajstić information content (AvgIpc) is 2.94. The molecule has 0 aliphatic heterocycles. The summed E-state index contributed by atoms with van der Waals surface area (Å²) in [6.07, 6.45) is 4.70. The lowest BCUT2D eigenvalue weighted by atomic mass is 9.83. The van der Waals surface area contributed by atoms with Crippen molar-refractivity contribution in [1.29, 1.82) is 0 Å². The first-order chi connectivity index (χ1) is 10.1. The van der Waals surface area contributed by atoms with Gasteiger partial charge in [0.2, 0.25) is 0 Å². The van der Waals surface area contributed by atoms with Gasteiger partial charge in [-0.05, 0) is 50.4 Å². The highest BCUT2D eigenvalue weighted by molar-refractivity contribution is 5.46. The number of rotatable bonds is 6. The highest BCUT2D eigenvalue weighted by Gasteiger charge is 2.43. The van der Waals surface area contributed by atoms with Gasteiger partial charge in [0.25, 0.3) is 0 Å². The summed E-state index contributed by atoms with van der Waals surface area (Å²) in [5, 5.41) is 3.66. The Bertz CT molecular complexity index is 478. The number of nitrogens with one attached hydrogen (secondary N) is 1. The Morgan fingerprint density at radius 1 is 1.19 bits per heavy atom. The Morgan fingerprint density at radius 2 is 1.86 bits per heavy atom. The highest BCUT2D eigenvalue weighted by atomic mass is 16.5. The van der Waals surface area contributed by atoms with Crippen molar-refractivity contribution >= 4 is 0 Å². The molecule has 0 amide bonds. The summed E-state index contributed by atoms with van der Waals surface area (Å²) in [7, 11) is 3.61. The molecule has 1 aromatic carbocycles. The van der Waals surface area contributed by atoms with Crippen molar-refractivity contribution in [2.24, 2.45) is 0 Å². The number of hydrogen-bond donors (Lipinski definition) is 1. The summed E-state index contributed by atoms with van der Waals surface area (Å²) < 4.78 is 11.7. The van der Waals surface area contributed by atoms with Gasteiger partial charge in [0.05, 0.1) is 18.8 Å². The van der Waals surface area contributed by atoms with Gasteiger partial charge in [-0.15, -0.1) is 0 Å². The molecule has 1 atom stereocenters. The van der Waals surface area contributed by atoms with Crippen LogP contribution in [-0.4, -0.2) is 26.4 Å². The van der Waals surface area contributed by atoms with Crippen LogP contribution in [-0.2, 0) is 4.74 Å². The fourth-order valence-corrected chi connectivity index (χ4v) is 3.82. The van der Waals surface area contributed by atoms with Gasteiger partial charge in [0, 0.05) is 12.7 Å². The molecule has 21 heavy (non-hydrogen) atoms. The van der Waals surface area contributed by atoms with Gasteiger partial charge >= 0.3 is 0 Å². The zero-order chi connectivity index (χ0) is 15.5. The predicted molar refractivity (Wildman–Crippen MR) is 87.1 cm³/mol. The molecule has 3 nitrogen and oxygen atoms in total. The Hall–Kier alpha value is -1.06. The maximum Gasteiger partial charge on any atom is 0.124 e. The van der Waals surface area contributed by atoms with E-state index in [1.165, 1.54) is 29.5 Å². The monoisotopic (exact) mass is 291 g/mol. The first kappa shape index (κ1) is 16.3. The van der Waals surface area contributed by atoms with E-state index in [2.05, 4.69) is 38.2 Å². The molecule has 1 N–H and O–H groups in total. The molecule has 1 saturated carbocycles. The quantitative estimate of drug-likeness (QED) is 0.861. The molecule has 1 aromatic rings. The van der Waals surface area contributed by atoms with Crippen molar-refractivity contribution in [2.75, 3.05) is 20.8 Å². The van der Waals surface area contributed by atoms with E-state index in [0.29, 0.717) is 0 Å². The van der Waals surface area contributed by atoms with E-state index in [9.17, 15) is 0 Å². The fourth-order valence-electron chi connectivity index (χ4n) is 3.82. The van der Waals surface area contributed by atoms with Crippen LogP contribution in [0.3, 0.4) is 0 Å². The molecule has 1 fully saturated rings. The average molecular weight is 291 g/mol. The Kier molecular flexibility index (Phi) is 5.28. The van der Waals surface area contributed by atoms with Gasteiger partial charge in [0.1, 0.15) is 5.75 Å².